The normalized spacial score (nSPS) is 14.0. The molecule has 45 heavy (non-hydrogen) atoms. The lowest BCUT2D eigenvalue weighted by atomic mass is 10.0. The van der Waals surface area contributed by atoms with Crippen molar-refractivity contribution < 1.29 is 9.59 Å². The van der Waals surface area contributed by atoms with Gasteiger partial charge < -0.3 is 19.8 Å². The monoisotopic (exact) mass is 656 g/mol. The molecule has 8 rings (SSSR count). The highest BCUT2D eigenvalue weighted by molar-refractivity contribution is 6.33. The Morgan fingerprint density at radius 1 is 0.711 bits per heavy atom. The van der Waals surface area contributed by atoms with Crippen LogP contribution in [0, 0.1) is 13.8 Å². The minimum absolute atomic E-state index is 0.0202. The van der Waals surface area contributed by atoms with Gasteiger partial charge in [-0.25, -0.2) is 4.98 Å². The Labute approximate surface area is 273 Å². The first-order valence-corrected chi connectivity index (χ1v) is 15.6. The first-order valence-electron chi connectivity index (χ1n) is 14.5. The van der Waals surface area contributed by atoms with Crippen molar-refractivity contribution in [3.05, 3.63) is 105 Å². The minimum Gasteiger partial charge on any atom is -0.349 e. The molecule has 2 aliphatic rings. The number of aromatic nitrogens is 4. The fraction of sp³-hybridized carbons (Fsp3) is 0.176. The third-order valence-corrected chi connectivity index (χ3v) is 9.07. The largest absolute Gasteiger partial charge is 0.349 e. The predicted molar refractivity (Wildman–Crippen MR) is 180 cm³/mol. The molecule has 0 atom stereocenters. The molecular formula is C34H27Cl3N6O2. The minimum atomic E-state index is -0.0419. The molecule has 0 spiro atoms. The molecular weight excluding hydrogens is 631 g/mol. The molecule has 226 valence electrons. The number of pyridine rings is 2. The van der Waals surface area contributed by atoms with E-state index in [-0.39, 0.29) is 11.8 Å². The summed E-state index contributed by atoms with van der Waals surface area (Å²) in [7, 11) is 0. The van der Waals surface area contributed by atoms with Crippen LogP contribution in [-0.2, 0) is 13.1 Å². The van der Waals surface area contributed by atoms with Gasteiger partial charge in [-0.2, -0.15) is 0 Å². The number of rotatable bonds is 2. The van der Waals surface area contributed by atoms with Crippen LogP contribution in [0.3, 0.4) is 0 Å². The van der Waals surface area contributed by atoms with Crippen molar-refractivity contribution in [2.24, 2.45) is 0 Å². The lowest BCUT2D eigenvalue weighted by molar-refractivity contribution is 0.0920. The van der Waals surface area contributed by atoms with Gasteiger partial charge in [-0.3, -0.25) is 14.6 Å². The third kappa shape index (κ3) is 5.03. The van der Waals surface area contributed by atoms with Gasteiger partial charge in [0.25, 0.3) is 11.8 Å². The van der Waals surface area contributed by atoms with E-state index in [1.54, 1.807) is 12.4 Å². The molecule has 0 aliphatic carbocycles. The summed E-state index contributed by atoms with van der Waals surface area (Å²) in [6.07, 6.45) is 5.24. The quantitative estimate of drug-likeness (QED) is 0.189. The maximum Gasteiger partial charge on any atom is 0.268 e. The molecule has 2 N–H and O–H groups in total. The van der Waals surface area contributed by atoms with Crippen molar-refractivity contribution in [1.29, 1.82) is 0 Å². The number of amides is 2. The fourth-order valence-electron chi connectivity index (χ4n) is 6.53. The van der Waals surface area contributed by atoms with Crippen LogP contribution in [0.1, 0.15) is 32.1 Å². The Balaban J connectivity index is 0.000000145. The van der Waals surface area contributed by atoms with Gasteiger partial charge in [0.1, 0.15) is 16.5 Å². The van der Waals surface area contributed by atoms with E-state index in [9.17, 15) is 9.59 Å². The summed E-state index contributed by atoms with van der Waals surface area (Å²) in [6.45, 7) is 6.69. The molecule has 0 radical (unpaired) electrons. The lowest BCUT2D eigenvalue weighted by Crippen LogP contribution is -2.35. The van der Waals surface area contributed by atoms with Crippen molar-refractivity contribution in [1.82, 2.24) is 29.7 Å². The molecule has 0 fully saturated rings. The number of carbonyl (C=O) groups is 2. The van der Waals surface area contributed by atoms with Crippen molar-refractivity contribution in [2.75, 3.05) is 13.1 Å². The second-order valence-electron chi connectivity index (χ2n) is 11.1. The summed E-state index contributed by atoms with van der Waals surface area (Å²) in [5.74, 6) is -0.0620. The van der Waals surface area contributed by atoms with Gasteiger partial charge in [-0.1, -0.05) is 40.9 Å². The summed E-state index contributed by atoms with van der Waals surface area (Å²) in [4.78, 5) is 32.7. The molecule has 2 amide bonds. The third-order valence-electron chi connectivity index (χ3n) is 8.43. The number of aryl methyl sites for hydroxylation is 2. The van der Waals surface area contributed by atoms with Gasteiger partial charge in [-0.15, -0.1) is 0 Å². The SMILES string of the molecule is Cc1c2n(c3c(-c4cccnc4)cc(Cl)cc13)CCNC2=O.Cc1c2n(c3c(-c4ccnc(Cl)c4)cc(Cl)cc13)CCNC2=O. The van der Waals surface area contributed by atoms with Gasteiger partial charge in [0.15, 0.2) is 0 Å². The van der Waals surface area contributed by atoms with E-state index in [4.69, 9.17) is 34.8 Å². The Morgan fingerprint density at radius 3 is 1.78 bits per heavy atom. The van der Waals surface area contributed by atoms with Gasteiger partial charge in [-0.05, 0) is 73.0 Å². The van der Waals surface area contributed by atoms with Crippen LogP contribution in [-0.4, -0.2) is 44.0 Å². The maximum absolute atomic E-state index is 12.3. The van der Waals surface area contributed by atoms with Crippen LogP contribution in [0.25, 0.3) is 44.1 Å². The zero-order valence-corrected chi connectivity index (χ0v) is 26.7. The molecule has 0 unspecified atom stereocenters. The Kier molecular flexibility index (Phi) is 7.52. The van der Waals surface area contributed by atoms with E-state index in [0.29, 0.717) is 34.0 Å². The van der Waals surface area contributed by atoms with E-state index in [1.165, 1.54) is 0 Å². The van der Waals surface area contributed by atoms with Crippen molar-refractivity contribution in [3.8, 4) is 22.3 Å². The molecule has 11 heteroatoms. The molecule has 0 saturated heterocycles. The first kappa shape index (κ1) is 29.3. The second-order valence-corrected chi connectivity index (χ2v) is 12.3. The average Bonchev–Trinajstić information content (AvgIpc) is 3.49. The number of carbonyl (C=O) groups excluding carboxylic acids is 2. The zero-order valence-electron chi connectivity index (χ0n) is 24.4. The maximum atomic E-state index is 12.3. The van der Waals surface area contributed by atoms with Crippen LogP contribution in [0.2, 0.25) is 15.2 Å². The van der Waals surface area contributed by atoms with Gasteiger partial charge >= 0.3 is 0 Å². The van der Waals surface area contributed by atoms with E-state index < -0.39 is 0 Å². The van der Waals surface area contributed by atoms with Crippen LogP contribution in [0.15, 0.2) is 67.1 Å². The van der Waals surface area contributed by atoms with Crippen LogP contribution in [0.4, 0.5) is 0 Å². The standard InChI is InChI=1S/C17H13Cl2N3O.C17H14ClN3O/c1-9-12-7-11(18)8-13(10-2-3-20-14(19)6-10)16(12)22-5-4-21-17(23)15(9)22;1-10-13-7-12(18)8-14(11-3-2-4-19-9-11)16(13)21-6-5-20-17(22)15(10)21/h2-3,6-8H,4-5H2,1H3,(H,21,23);2-4,7-9H,5-6H2,1H3,(H,20,22). The number of nitrogens with one attached hydrogen (secondary N) is 2. The molecule has 2 aromatic carbocycles. The lowest BCUT2D eigenvalue weighted by Gasteiger charge is -2.18. The summed E-state index contributed by atoms with van der Waals surface area (Å²) < 4.78 is 4.17. The topological polar surface area (TPSA) is 93.8 Å². The smallest absolute Gasteiger partial charge is 0.268 e. The van der Waals surface area contributed by atoms with Crippen LogP contribution < -0.4 is 10.6 Å². The van der Waals surface area contributed by atoms with E-state index >= 15 is 0 Å². The van der Waals surface area contributed by atoms with Gasteiger partial charge in [0.2, 0.25) is 0 Å². The molecule has 8 nitrogen and oxygen atoms in total. The van der Waals surface area contributed by atoms with Crippen molar-refractivity contribution in [3.63, 3.8) is 0 Å². The second kappa shape index (κ2) is 11.5. The van der Waals surface area contributed by atoms with Gasteiger partial charge in [0, 0.05) is 82.3 Å². The molecule has 2 aliphatic heterocycles. The number of hydrogen-bond acceptors (Lipinski definition) is 4. The summed E-state index contributed by atoms with van der Waals surface area (Å²) in [6, 6.07) is 15.3. The highest BCUT2D eigenvalue weighted by Gasteiger charge is 2.27. The van der Waals surface area contributed by atoms with Gasteiger partial charge in [0.05, 0.1) is 11.0 Å². The highest BCUT2D eigenvalue weighted by atomic mass is 35.5. The molecule has 6 aromatic rings. The Morgan fingerprint density at radius 2 is 1.27 bits per heavy atom. The zero-order chi connectivity index (χ0) is 31.4. The van der Waals surface area contributed by atoms with E-state index in [1.807, 2.05) is 68.6 Å². The predicted octanol–water partition coefficient (Wildman–Crippen LogP) is 7.47. The summed E-state index contributed by atoms with van der Waals surface area (Å²) in [5, 5.41) is 9.55. The average molecular weight is 658 g/mol. The van der Waals surface area contributed by atoms with Crippen LogP contribution in [0.5, 0.6) is 0 Å². The number of hydrogen-bond donors (Lipinski definition) is 2. The van der Waals surface area contributed by atoms with Crippen molar-refractivity contribution in [2.45, 2.75) is 26.9 Å². The summed E-state index contributed by atoms with van der Waals surface area (Å²) in [5.41, 5.74) is 9.33. The van der Waals surface area contributed by atoms with Crippen LogP contribution >= 0.6 is 34.8 Å². The number of nitrogens with zero attached hydrogens (tertiary/aromatic N) is 4. The number of benzene rings is 2. The molecule has 0 bridgehead atoms. The Bertz CT molecular complexity index is 2170. The first-order chi connectivity index (χ1) is 21.7. The molecule has 4 aromatic heterocycles. The van der Waals surface area contributed by atoms with E-state index in [2.05, 4.69) is 29.7 Å². The Hall–Kier alpha value is -4.37. The van der Waals surface area contributed by atoms with Crippen molar-refractivity contribution >= 4 is 68.4 Å². The fourth-order valence-corrected chi connectivity index (χ4v) is 7.14. The highest BCUT2D eigenvalue weighted by Crippen LogP contribution is 2.39. The molecule has 6 heterocycles. The number of fused-ring (bicyclic) bond motifs is 6. The molecule has 0 saturated carbocycles. The van der Waals surface area contributed by atoms with E-state index in [0.717, 1.165) is 74.0 Å². The summed E-state index contributed by atoms with van der Waals surface area (Å²) >= 11 is 18.7. The number of halogens is 3.